The van der Waals surface area contributed by atoms with Gasteiger partial charge in [0.05, 0.1) is 0 Å². The van der Waals surface area contributed by atoms with Gasteiger partial charge in [0, 0.05) is 4.47 Å². The second-order valence-corrected chi connectivity index (χ2v) is 13.1. The van der Waals surface area contributed by atoms with E-state index in [-0.39, 0.29) is 35.6 Å². The number of carbonyl (C=O) groups excluding carboxylic acids is 1. The minimum Gasteiger partial charge on any atom is -0.0683 e. The first-order valence-electron chi connectivity index (χ1n) is 16.7. The summed E-state index contributed by atoms with van der Waals surface area (Å²) in [5, 5.41) is 11.8. The number of halogens is 4. The number of benzene rings is 2. The molecular formula is C37H47BBrF3N4O4. The van der Waals surface area contributed by atoms with E-state index in [2.05, 4.69) is 21.2 Å². The summed E-state index contributed by atoms with van der Waals surface area (Å²) in [6.07, 6.45) is 3.42. The van der Waals surface area contributed by atoms with Gasteiger partial charge in [0.1, 0.15) is 0 Å². The van der Waals surface area contributed by atoms with Crippen LogP contribution in [0.1, 0.15) is 91.3 Å². The molecule has 0 aromatic heterocycles. The molecule has 0 saturated carbocycles. The van der Waals surface area contributed by atoms with Gasteiger partial charge in [-0.15, -0.1) is 0 Å². The number of nitrogens with one attached hydrogen (secondary N) is 1. The zero-order chi connectivity index (χ0) is 37.5. The van der Waals surface area contributed by atoms with Gasteiger partial charge < -0.3 is 0 Å². The summed E-state index contributed by atoms with van der Waals surface area (Å²) in [6, 6.07) is 11.1. The summed E-state index contributed by atoms with van der Waals surface area (Å²) in [5.74, 6) is -0.346. The summed E-state index contributed by atoms with van der Waals surface area (Å²) in [5.41, 5.74) is 0.814. The van der Waals surface area contributed by atoms with E-state index in [4.69, 9.17) is 24.4 Å². The molecule has 1 aliphatic heterocycles. The number of hydrogen-bond acceptors (Lipinski definition) is 7. The Balaban J connectivity index is 0.00000425. The molecule has 0 spiro atoms. The summed E-state index contributed by atoms with van der Waals surface area (Å²) >= 11 is 3.40. The summed E-state index contributed by atoms with van der Waals surface area (Å²) in [6.45, 7) is 15.4. The van der Waals surface area contributed by atoms with E-state index in [1.54, 1.807) is 58.2 Å². The van der Waals surface area contributed by atoms with Crippen LogP contribution in [0.25, 0.3) is 11.8 Å². The molecule has 50 heavy (non-hydrogen) atoms. The number of aliphatic imine (C=N–C) groups is 1. The molecule has 2 atom stereocenters. The van der Waals surface area contributed by atoms with Crippen molar-refractivity contribution >= 4 is 52.3 Å². The topological polar surface area (TPSA) is 96.2 Å². The average molecular weight is 760 g/mol. The molecule has 0 radical (unpaired) electrons. The summed E-state index contributed by atoms with van der Waals surface area (Å²) in [7, 11) is 1.15. The van der Waals surface area contributed by atoms with Gasteiger partial charge in [-0.1, -0.05) is 48.0 Å². The van der Waals surface area contributed by atoms with Crippen LogP contribution in [0.2, 0.25) is 0 Å². The molecule has 2 aromatic carbocycles. The van der Waals surface area contributed by atoms with Crippen LogP contribution in [0, 0.1) is 17.4 Å². The average Bonchev–Trinajstić information content (AvgIpc) is 3.54. The Hall–Kier alpha value is -4.05. The minimum atomic E-state index is -4.67. The van der Waals surface area contributed by atoms with E-state index in [1.165, 1.54) is 6.07 Å². The zero-order valence-corrected chi connectivity index (χ0v) is 31.6. The Labute approximate surface area is 303 Å². The largest absolute Gasteiger partial charge is 0.0683 e. The van der Waals surface area contributed by atoms with Gasteiger partial charge >= 0.3 is 228 Å². The number of rotatable bonds is 12. The van der Waals surface area contributed by atoms with Crippen molar-refractivity contribution < 1.29 is 32.1 Å². The summed E-state index contributed by atoms with van der Waals surface area (Å²) < 4.78 is 59.7. The Morgan fingerprint density at radius 2 is 1.94 bits per heavy atom. The molecule has 1 fully saturated rings. The normalized spacial score (nSPS) is 16.2. The number of nitrogens with zero attached hydrogens (tertiary/aromatic N) is 3. The van der Waals surface area contributed by atoms with Crippen LogP contribution < -0.4 is 10.1 Å². The van der Waals surface area contributed by atoms with Gasteiger partial charge in [-0.05, 0) is 23.8 Å². The van der Waals surface area contributed by atoms with E-state index in [1.807, 2.05) is 56.9 Å². The van der Waals surface area contributed by atoms with Crippen LogP contribution in [-0.2, 0) is 15.6 Å². The van der Waals surface area contributed by atoms with Gasteiger partial charge in [-0.2, -0.15) is 0 Å². The fraction of sp³-hybridized carbons (Fsp3) is 0.459. The van der Waals surface area contributed by atoms with Crippen LogP contribution >= 0.6 is 15.9 Å². The fourth-order valence-electron chi connectivity index (χ4n) is 5.15. The SMILES string of the molecule is C/C=C(\N=C(C(C)CC)C1CCCN1C(=BOC#N)NC(=O)OC(C)(C)C)c1ccc(OC/C=C/c2cccc(Br)c2)c(C(F)(F)F)c1.CC. The van der Waals surface area contributed by atoms with E-state index in [0.29, 0.717) is 25.1 Å². The van der Waals surface area contributed by atoms with E-state index >= 15 is 0 Å². The molecule has 1 N–H and O–H groups in total. The number of alkyl carbamates (subject to hydrolysis) is 1. The van der Waals surface area contributed by atoms with Crippen molar-refractivity contribution in [2.24, 2.45) is 10.9 Å². The minimum absolute atomic E-state index is 0.0536. The van der Waals surface area contributed by atoms with Gasteiger partial charge in [-0.3, -0.25) is 0 Å². The van der Waals surface area contributed by atoms with Crippen LogP contribution in [0.3, 0.4) is 0 Å². The third-order valence-corrected chi connectivity index (χ3v) is 7.96. The van der Waals surface area contributed by atoms with Crippen molar-refractivity contribution in [1.29, 1.82) is 5.26 Å². The van der Waals surface area contributed by atoms with Gasteiger partial charge in [0.25, 0.3) is 0 Å². The van der Waals surface area contributed by atoms with Gasteiger partial charge in [0.2, 0.25) is 0 Å². The number of likely N-dealkylation sites (tertiary alicyclic amines) is 1. The van der Waals surface area contributed by atoms with E-state index < -0.39 is 23.4 Å². The number of amides is 1. The predicted octanol–water partition coefficient (Wildman–Crippen LogP) is 9.63. The zero-order valence-electron chi connectivity index (χ0n) is 30.0. The van der Waals surface area contributed by atoms with E-state index in [9.17, 15) is 18.0 Å². The molecular weight excluding hydrogens is 712 g/mol. The Morgan fingerprint density at radius 3 is 2.54 bits per heavy atom. The first-order valence-corrected chi connectivity index (χ1v) is 17.5. The molecule has 270 valence electrons. The Morgan fingerprint density at radius 1 is 1.22 bits per heavy atom. The second kappa shape index (κ2) is 20.0. The Kier molecular flexibility index (Phi) is 16.8. The van der Waals surface area contributed by atoms with Crippen molar-refractivity contribution in [2.45, 2.75) is 92.5 Å². The molecule has 0 aliphatic carbocycles. The number of ether oxygens (including phenoxy) is 2. The maximum Gasteiger partial charge on any atom is -0.0683 e. The first kappa shape index (κ1) is 42.1. The van der Waals surface area contributed by atoms with Crippen LogP contribution in [0.5, 0.6) is 5.75 Å². The monoisotopic (exact) mass is 758 g/mol. The number of allylic oxidation sites excluding steroid dienone is 1. The molecule has 1 saturated heterocycles. The number of nitriles is 1. The fourth-order valence-corrected chi connectivity index (χ4v) is 5.56. The second-order valence-electron chi connectivity index (χ2n) is 12.2. The van der Waals surface area contributed by atoms with Crippen LogP contribution in [0.4, 0.5) is 18.0 Å². The molecule has 1 heterocycles. The molecule has 2 aromatic rings. The quantitative estimate of drug-likeness (QED) is 0.132. The Bertz CT molecular complexity index is 1600. The number of hydrogen-bond donors (Lipinski definition) is 1. The van der Waals surface area contributed by atoms with Crippen molar-refractivity contribution in [3.63, 3.8) is 0 Å². The molecule has 13 heteroatoms. The molecule has 8 nitrogen and oxygen atoms in total. The number of carbonyl (C=O) groups is 1. The van der Waals surface area contributed by atoms with Crippen molar-refractivity contribution in [2.75, 3.05) is 13.2 Å². The van der Waals surface area contributed by atoms with Gasteiger partial charge in [-0.25, -0.2) is 0 Å². The molecule has 1 amide bonds. The maximum absolute atomic E-state index is 14.3. The van der Waals surface area contributed by atoms with Crippen molar-refractivity contribution in [3.8, 4) is 12.0 Å². The maximum atomic E-state index is 14.3. The summed E-state index contributed by atoms with van der Waals surface area (Å²) in [4.78, 5) is 19.5. The van der Waals surface area contributed by atoms with Gasteiger partial charge in [0.15, 0.2) is 0 Å². The van der Waals surface area contributed by atoms with Crippen molar-refractivity contribution in [1.82, 2.24) is 10.2 Å². The van der Waals surface area contributed by atoms with E-state index in [0.717, 1.165) is 35.4 Å². The first-order chi connectivity index (χ1) is 23.7. The third kappa shape index (κ3) is 13.0. The molecule has 2 unspecified atom stereocenters. The number of alkyl halides is 3. The molecule has 0 bridgehead atoms. The van der Waals surface area contributed by atoms with Crippen LogP contribution in [0.15, 0.2) is 64.1 Å². The van der Waals surface area contributed by atoms with Crippen molar-refractivity contribution in [3.05, 3.63) is 75.8 Å². The standard InChI is InChI=1S/C35H41BBrF3N4O4.C2H6/c1-7-23(3)31(29-15-10-18-44(29)32(36-47-22-41)43-33(45)48-34(4,5)6)42-28(8-2)25-16-17-30(27(21-25)35(38,39)40)46-19-11-13-24-12-9-14-26(37)20-24;1-2/h8-9,11-14,16-17,20-21,23,29H,7,10,15,18-19H2,1-6H3,(H,43,45);1-2H3/b13-11+,28-8-,42-31?;. The molecule has 1 aliphatic rings. The third-order valence-electron chi connectivity index (χ3n) is 7.47. The predicted molar refractivity (Wildman–Crippen MR) is 199 cm³/mol. The molecule has 3 rings (SSSR count). The van der Waals surface area contributed by atoms with Crippen LogP contribution in [-0.4, -0.2) is 54.3 Å². The smallest absolute Gasteiger partial charge is 0.0683 e.